The molecule has 124 valence electrons. The lowest BCUT2D eigenvalue weighted by Crippen LogP contribution is -1.94. The molecule has 0 aliphatic heterocycles. The van der Waals surface area contributed by atoms with E-state index in [4.69, 9.17) is 0 Å². The zero-order valence-electron chi connectivity index (χ0n) is 14.7. The highest BCUT2D eigenvalue weighted by Gasteiger charge is 2.14. The van der Waals surface area contributed by atoms with Crippen LogP contribution >= 0.6 is 22.7 Å². The molecule has 24 heavy (non-hydrogen) atoms. The molecular weight excluding hydrogens is 328 g/mol. The van der Waals surface area contributed by atoms with Crippen LogP contribution in [0.3, 0.4) is 0 Å². The molecule has 0 aliphatic carbocycles. The molecule has 0 nitrogen and oxygen atoms in total. The molecule has 2 aromatic carbocycles. The monoisotopic (exact) mass is 352 g/mol. The van der Waals surface area contributed by atoms with Crippen LogP contribution in [0.1, 0.15) is 57.1 Å². The van der Waals surface area contributed by atoms with Gasteiger partial charge in [-0.25, -0.2) is 0 Å². The largest absolute Gasteiger partial charge is 0.134 e. The Bertz CT molecular complexity index is 999. The molecule has 2 heterocycles. The molecule has 0 unspecified atom stereocenters. The van der Waals surface area contributed by atoms with Gasteiger partial charge in [-0.3, -0.25) is 0 Å². The van der Waals surface area contributed by atoms with Gasteiger partial charge >= 0.3 is 0 Å². The maximum absolute atomic E-state index is 2.45. The third-order valence-corrected chi connectivity index (χ3v) is 7.67. The molecule has 0 atom stereocenters. The fourth-order valence-electron chi connectivity index (χ4n) is 3.78. The predicted molar refractivity (Wildman–Crippen MR) is 112 cm³/mol. The first-order chi connectivity index (χ1) is 11.7. The quantitative estimate of drug-likeness (QED) is 0.340. The second kappa shape index (κ2) is 6.50. The van der Waals surface area contributed by atoms with Gasteiger partial charge in [0.1, 0.15) is 0 Å². The zero-order chi connectivity index (χ0) is 16.7. The van der Waals surface area contributed by atoms with Gasteiger partial charge in [0.2, 0.25) is 0 Å². The molecule has 2 heteroatoms. The molecule has 0 fully saturated rings. The summed E-state index contributed by atoms with van der Waals surface area (Å²) in [4.78, 5) is 0. The normalized spacial score (nSPS) is 12.2. The first-order valence-corrected chi connectivity index (χ1v) is 10.8. The minimum absolute atomic E-state index is 0.697. The van der Waals surface area contributed by atoms with Crippen LogP contribution in [0, 0.1) is 0 Å². The Morgan fingerprint density at radius 2 is 1.42 bits per heavy atom. The summed E-state index contributed by atoms with van der Waals surface area (Å²) >= 11 is 3.95. The van der Waals surface area contributed by atoms with Crippen LogP contribution in [0.25, 0.3) is 29.6 Å². The SMILES string of the molecule is CCCc1ccc2c(c1)sc1c3ccc(C(CC)CC)cc3sc21. The number of rotatable bonds is 5. The maximum atomic E-state index is 2.45. The average Bonchev–Trinajstić information content (AvgIpc) is 3.11. The molecule has 0 aliphatic rings. The highest BCUT2D eigenvalue weighted by molar-refractivity contribution is 7.36. The fraction of sp³-hybridized carbons (Fsp3) is 0.364. The molecule has 0 N–H and O–H groups in total. The van der Waals surface area contributed by atoms with Crippen molar-refractivity contribution in [1.82, 2.24) is 0 Å². The van der Waals surface area contributed by atoms with Crippen molar-refractivity contribution in [2.45, 2.75) is 52.4 Å². The van der Waals surface area contributed by atoms with Crippen molar-refractivity contribution in [3.05, 3.63) is 47.5 Å². The lowest BCUT2D eigenvalue weighted by Gasteiger charge is -2.12. The Kier molecular flexibility index (Phi) is 4.36. The summed E-state index contributed by atoms with van der Waals surface area (Å²) in [5.41, 5.74) is 2.98. The Morgan fingerprint density at radius 3 is 2.04 bits per heavy atom. The highest BCUT2D eigenvalue weighted by atomic mass is 32.1. The first-order valence-electron chi connectivity index (χ1n) is 9.12. The minimum atomic E-state index is 0.697. The third-order valence-electron chi connectivity index (χ3n) is 5.17. The summed E-state index contributed by atoms with van der Waals surface area (Å²) in [6.45, 7) is 6.85. The zero-order valence-corrected chi connectivity index (χ0v) is 16.3. The van der Waals surface area contributed by atoms with E-state index < -0.39 is 0 Å². The molecule has 0 spiro atoms. The minimum Gasteiger partial charge on any atom is -0.134 e. The molecule has 0 amide bonds. The van der Waals surface area contributed by atoms with E-state index in [2.05, 4.69) is 57.2 Å². The summed E-state index contributed by atoms with van der Waals surface area (Å²) in [7, 11) is 0. The van der Waals surface area contributed by atoms with Gasteiger partial charge in [0, 0.05) is 20.2 Å². The van der Waals surface area contributed by atoms with Crippen molar-refractivity contribution in [1.29, 1.82) is 0 Å². The van der Waals surface area contributed by atoms with E-state index in [9.17, 15) is 0 Å². The third kappa shape index (κ3) is 2.57. The summed E-state index contributed by atoms with van der Waals surface area (Å²) in [6, 6.07) is 14.2. The van der Waals surface area contributed by atoms with Crippen LogP contribution < -0.4 is 0 Å². The summed E-state index contributed by atoms with van der Waals surface area (Å²) < 4.78 is 5.87. The van der Waals surface area contributed by atoms with E-state index in [1.165, 1.54) is 66.4 Å². The predicted octanol–water partition coefficient (Wildman–Crippen LogP) is 8.13. The molecule has 0 saturated heterocycles. The smallest absolute Gasteiger partial charge is 0.0542 e. The molecule has 4 rings (SSSR count). The van der Waals surface area contributed by atoms with Crippen LogP contribution in [0.5, 0.6) is 0 Å². The van der Waals surface area contributed by atoms with Crippen molar-refractivity contribution in [3.8, 4) is 0 Å². The van der Waals surface area contributed by atoms with Crippen molar-refractivity contribution < 1.29 is 0 Å². The lowest BCUT2D eigenvalue weighted by atomic mass is 9.94. The molecule has 0 saturated carbocycles. The number of fused-ring (bicyclic) bond motifs is 5. The van der Waals surface area contributed by atoms with Gasteiger partial charge in [0.05, 0.1) is 9.40 Å². The van der Waals surface area contributed by atoms with Gasteiger partial charge in [-0.2, -0.15) is 0 Å². The van der Waals surface area contributed by atoms with Gasteiger partial charge in [0.15, 0.2) is 0 Å². The average molecular weight is 353 g/mol. The molecule has 2 aromatic heterocycles. The maximum Gasteiger partial charge on any atom is 0.0542 e. The lowest BCUT2D eigenvalue weighted by molar-refractivity contribution is 0.643. The van der Waals surface area contributed by atoms with Crippen LogP contribution in [0.2, 0.25) is 0 Å². The van der Waals surface area contributed by atoms with E-state index in [1.807, 2.05) is 22.7 Å². The molecule has 4 aromatic rings. The van der Waals surface area contributed by atoms with Gasteiger partial charge in [-0.05, 0) is 48.4 Å². The number of hydrogen-bond acceptors (Lipinski definition) is 2. The Morgan fingerprint density at radius 1 is 0.792 bits per heavy atom. The summed E-state index contributed by atoms with van der Waals surface area (Å²) in [5, 5.41) is 2.89. The standard InChI is InChI=1S/C22H24S2/c1-4-7-14-8-10-17-19(12-14)23-22-18-11-9-16(15(5-2)6-3)13-20(18)24-21(17)22/h8-13,15H,4-7H2,1-3H3. The topological polar surface area (TPSA) is 0 Å². The van der Waals surface area contributed by atoms with Crippen LogP contribution in [0.4, 0.5) is 0 Å². The molecule has 0 bridgehead atoms. The Labute approximate surface area is 152 Å². The Balaban J connectivity index is 1.89. The fourth-order valence-corrected chi connectivity index (χ4v) is 6.54. The molecular formula is C22H24S2. The van der Waals surface area contributed by atoms with Gasteiger partial charge < -0.3 is 0 Å². The number of thiophene rings is 2. The van der Waals surface area contributed by atoms with Gasteiger partial charge in [-0.1, -0.05) is 51.5 Å². The van der Waals surface area contributed by atoms with E-state index in [0.29, 0.717) is 5.92 Å². The number of aryl methyl sites for hydroxylation is 1. The van der Waals surface area contributed by atoms with Crippen molar-refractivity contribution in [2.24, 2.45) is 0 Å². The summed E-state index contributed by atoms with van der Waals surface area (Å²) in [5.74, 6) is 0.697. The van der Waals surface area contributed by atoms with Crippen LogP contribution in [-0.2, 0) is 6.42 Å². The van der Waals surface area contributed by atoms with Gasteiger partial charge in [0.25, 0.3) is 0 Å². The summed E-state index contributed by atoms with van der Waals surface area (Å²) in [6.07, 6.45) is 4.85. The second-order valence-corrected chi connectivity index (χ2v) is 8.82. The highest BCUT2D eigenvalue weighted by Crippen LogP contribution is 2.45. The van der Waals surface area contributed by atoms with E-state index in [1.54, 1.807) is 0 Å². The van der Waals surface area contributed by atoms with Crippen molar-refractivity contribution in [3.63, 3.8) is 0 Å². The number of hydrogen-bond donors (Lipinski definition) is 0. The van der Waals surface area contributed by atoms with E-state index in [0.717, 1.165) is 0 Å². The van der Waals surface area contributed by atoms with E-state index >= 15 is 0 Å². The Hall–Kier alpha value is -1.38. The second-order valence-electron chi connectivity index (χ2n) is 6.71. The van der Waals surface area contributed by atoms with Crippen LogP contribution in [-0.4, -0.2) is 0 Å². The first kappa shape index (κ1) is 16.1. The number of benzene rings is 2. The van der Waals surface area contributed by atoms with E-state index in [-0.39, 0.29) is 0 Å². The molecule has 0 radical (unpaired) electrons. The van der Waals surface area contributed by atoms with Gasteiger partial charge in [-0.15, -0.1) is 22.7 Å². The van der Waals surface area contributed by atoms with Crippen molar-refractivity contribution in [2.75, 3.05) is 0 Å². The van der Waals surface area contributed by atoms with Crippen molar-refractivity contribution >= 4 is 52.2 Å². The van der Waals surface area contributed by atoms with Crippen LogP contribution in [0.15, 0.2) is 36.4 Å².